The Hall–Kier alpha value is -4.30. The molecule has 2 aliphatic rings. The van der Waals surface area contributed by atoms with Crippen LogP contribution in [0, 0.1) is 6.92 Å². The van der Waals surface area contributed by atoms with Crippen LogP contribution in [0.4, 0.5) is 0 Å². The van der Waals surface area contributed by atoms with Gasteiger partial charge in [0.25, 0.3) is 11.2 Å². The minimum atomic E-state index is -0.255. The zero-order valence-corrected chi connectivity index (χ0v) is 26.4. The molecule has 0 radical (unpaired) electrons. The molecule has 3 aromatic carbocycles. The van der Waals surface area contributed by atoms with Crippen molar-refractivity contribution in [3.63, 3.8) is 0 Å². The average molecular weight is 563 g/mol. The van der Waals surface area contributed by atoms with Gasteiger partial charge in [0.15, 0.2) is 12.4 Å². The molecule has 0 saturated heterocycles. The van der Waals surface area contributed by atoms with E-state index in [0.717, 1.165) is 12.8 Å². The number of aryl methyl sites for hydroxylation is 1. The summed E-state index contributed by atoms with van der Waals surface area (Å²) in [6.45, 7) is 14.0. The Bertz CT molecular complexity index is 1890. The lowest BCUT2D eigenvalue weighted by Gasteiger charge is -2.52. The summed E-state index contributed by atoms with van der Waals surface area (Å²) in [5, 5.41) is 0. The number of pyridine rings is 2. The number of benzene rings is 3. The van der Waals surface area contributed by atoms with Gasteiger partial charge in [-0.2, -0.15) is 9.13 Å². The second-order valence-electron chi connectivity index (χ2n) is 13.4. The number of hydrogen-bond donors (Lipinski definition) is 0. The number of allylic oxidation sites excluding steroid dienone is 2. The molecule has 0 bridgehead atoms. The van der Waals surface area contributed by atoms with Crippen LogP contribution in [0.3, 0.4) is 0 Å². The summed E-state index contributed by atoms with van der Waals surface area (Å²) in [5.41, 5.74) is 12.9. The zero-order valence-electron chi connectivity index (χ0n) is 26.4. The van der Waals surface area contributed by atoms with Crippen molar-refractivity contribution in [2.45, 2.75) is 70.8 Å². The van der Waals surface area contributed by atoms with Gasteiger partial charge in [-0.15, -0.1) is 0 Å². The molecule has 2 heteroatoms. The van der Waals surface area contributed by atoms with Gasteiger partial charge in [0, 0.05) is 41.8 Å². The summed E-state index contributed by atoms with van der Waals surface area (Å²) >= 11 is 0. The van der Waals surface area contributed by atoms with E-state index in [0.29, 0.717) is 0 Å². The molecule has 214 valence electrons. The first kappa shape index (κ1) is 27.5. The smallest absolute Gasteiger partial charge is 0.181 e. The maximum Gasteiger partial charge on any atom is 0.264 e. The van der Waals surface area contributed by atoms with Crippen LogP contribution in [0.25, 0.3) is 39.3 Å². The van der Waals surface area contributed by atoms with E-state index in [1.54, 1.807) is 0 Å². The molecule has 43 heavy (non-hydrogen) atoms. The monoisotopic (exact) mass is 562 g/mol. The van der Waals surface area contributed by atoms with Gasteiger partial charge in [-0.05, 0) is 59.2 Å². The van der Waals surface area contributed by atoms with Crippen molar-refractivity contribution in [1.82, 2.24) is 0 Å². The Morgan fingerprint density at radius 3 is 2.05 bits per heavy atom. The summed E-state index contributed by atoms with van der Waals surface area (Å²) in [6.07, 6.45) is 9.37. The van der Waals surface area contributed by atoms with Crippen LogP contribution in [-0.4, -0.2) is 0 Å². The van der Waals surface area contributed by atoms with Gasteiger partial charge >= 0.3 is 0 Å². The largest absolute Gasteiger partial charge is 0.264 e. The van der Waals surface area contributed by atoms with Crippen molar-refractivity contribution in [3.05, 3.63) is 138 Å². The zero-order chi connectivity index (χ0) is 30.0. The van der Waals surface area contributed by atoms with E-state index in [1.165, 1.54) is 56.0 Å². The SMILES string of the molecule is CCC12C=C([n+]3ccccc3-c3ccccc3C)C1(CC)[n+]1cc(-c3ccccc3)c(C(C)(C)C)cc1-c1ccccc12. The van der Waals surface area contributed by atoms with Crippen LogP contribution in [-0.2, 0) is 16.4 Å². The number of aromatic nitrogens is 2. The Labute approximate surface area is 257 Å². The second kappa shape index (κ2) is 9.88. The topological polar surface area (TPSA) is 7.76 Å². The van der Waals surface area contributed by atoms with E-state index < -0.39 is 0 Å². The lowest BCUT2D eigenvalue weighted by atomic mass is 9.50. The predicted octanol–water partition coefficient (Wildman–Crippen LogP) is 9.19. The number of fused-ring (bicyclic) bond motifs is 6. The van der Waals surface area contributed by atoms with E-state index in [9.17, 15) is 0 Å². The first-order valence-corrected chi connectivity index (χ1v) is 15.8. The van der Waals surface area contributed by atoms with Crippen molar-refractivity contribution in [1.29, 1.82) is 0 Å². The molecule has 2 aromatic heterocycles. The van der Waals surface area contributed by atoms with Crippen LogP contribution < -0.4 is 9.13 Å². The molecule has 0 N–H and O–H groups in total. The Morgan fingerprint density at radius 1 is 0.674 bits per heavy atom. The van der Waals surface area contributed by atoms with Crippen LogP contribution in [0.2, 0.25) is 0 Å². The van der Waals surface area contributed by atoms with Gasteiger partial charge in [0.05, 0.1) is 11.0 Å². The quantitative estimate of drug-likeness (QED) is 0.189. The van der Waals surface area contributed by atoms with E-state index in [-0.39, 0.29) is 16.4 Å². The minimum absolute atomic E-state index is 0.0150. The molecular formula is C41H42N2+2. The third kappa shape index (κ3) is 3.78. The summed E-state index contributed by atoms with van der Waals surface area (Å²) in [4.78, 5) is 0. The van der Waals surface area contributed by atoms with Crippen LogP contribution in [0.1, 0.15) is 64.2 Å². The molecule has 5 aromatic rings. The fraction of sp³-hybridized carbons (Fsp3) is 0.268. The van der Waals surface area contributed by atoms with Crippen molar-refractivity contribution >= 4 is 5.70 Å². The normalized spacial score (nSPS) is 20.4. The van der Waals surface area contributed by atoms with Crippen molar-refractivity contribution in [2.24, 2.45) is 0 Å². The molecule has 0 saturated carbocycles. The maximum atomic E-state index is 2.67. The minimum Gasteiger partial charge on any atom is -0.181 e. The fourth-order valence-electron chi connectivity index (χ4n) is 8.15. The maximum absolute atomic E-state index is 2.67. The summed E-state index contributed by atoms with van der Waals surface area (Å²) in [7, 11) is 0. The van der Waals surface area contributed by atoms with Crippen molar-refractivity contribution in [2.75, 3.05) is 0 Å². The lowest BCUT2D eigenvalue weighted by molar-refractivity contribution is -0.778. The first-order valence-electron chi connectivity index (χ1n) is 15.8. The highest BCUT2D eigenvalue weighted by molar-refractivity contribution is 5.78. The van der Waals surface area contributed by atoms with Gasteiger partial charge in [-0.25, -0.2) is 0 Å². The first-order chi connectivity index (χ1) is 20.8. The average Bonchev–Trinajstić information content (AvgIpc) is 3.02. The molecule has 2 atom stereocenters. The van der Waals surface area contributed by atoms with Gasteiger partial charge in [0.2, 0.25) is 11.4 Å². The van der Waals surface area contributed by atoms with Gasteiger partial charge < -0.3 is 0 Å². The molecule has 0 amide bonds. The molecule has 0 spiro atoms. The van der Waals surface area contributed by atoms with Crippen molar-refractivity contribution < 1.29 is 9.13 Å². The van der Waals surface area contributed by atoms with Crippen LogP contribution >= 0.6 is 0 Å². The third-order valence-corrected chi connectivity index (χ3v) is 10.2. The summed E-state index contributed by atoms with van der Waals surface area (Å²) in [5.74, 6) is 0. The Balaban J connectivity index is 1.59. The molecule has 2 unspecified atom stereocenters. The predicted molar refractivity (Wildman–Crippen MR) is 178 cm³/mol. The molecule has 1 aliphatic carbocycles. The molecule has 3 heterocycles. The second-order valence-corrected chi connectivity index (χ2v) is 13.4. The van der Waals surface area contributed by atoms with Gasteiger partial charge in [-0.1, -0.05) is 101 Å². The molecule has 2 nitrogen and oxygen atoms in total. The van der Waals surface area contributed by atoms with E-state index in [4.69, 9.17) is 0 Å². The highest BCUT2D eigenvalue weighted by Crippen LogP contribution is 2.61. The van der Waals surface area contributed by atoms with Gasteiger partial charge in [0.1, 0.15) is 0 Å². The lowest BCUT2D eigenvalue weighted by Crippen LogP contribution is -2.77. The molecular weight excluding hydrogens is 520 g/mol. The van der Waals surface area contributed by atoms with E-state index in [2.05, 4.69) is 172 Å². The Morgan fingerprint density at radius 2 is 1.35 bits per heavy atom. The molecule has 1 aliphatic heterocycles. The summed E-state index contributed by atoms with van der Waals surface area (Å²) in [6, 6.07) is 38.0. The summed E-state index contributed by atoms with van der Waals surface area (Å²) < 4.78 is 5.15. The van der Waals surface area contributed by atoms with Crippen LogP contribution in [0.5, 0.6) is 0 Å². The number of nitrogens with zero attached hydrogens (tertiary/aromatic N) is 2. The van der Waals surface area contributed by atoms with Gasteiger partial charge in [-0.3, -0.25) is 0 Å². The fourth-order valence-corrected chi connectivity index (χ4v) is 8.15. The Kier molecular flexibility index (Phi) is 6.32. The van der Waals surface area contributed by atoms with E-state index >= 15 is 0 Å². The van der Waals surface area contributed by atoms with E-state index in [1.807, 2.05) is 0 Å². The number of rotatable bonds is 5. The van der Waals surface area contributed by atoms with Crippen molar-refractivity contribution in [3.8, 4) is 33.6 Å². The standard InChI is InChI=1S/C41H42N2/c1-7-40-27-38(42-25-17-16-24-36(42)31-21-13-12-18-29(31)3)41(40,8-2)43-28-33(30-19-10-9-11-20-30)35(39(4,5)6)26-37(43)32-22-14-15-23-34(32)40/h9-28H,7-8H2,1-6H3/q+2. The molecule has 7 rings (SSSR count). The third-order valence-electron chi connectivity index (χ3n) is 10.2. The molecule has 0 fully saturated rings. The highest BCUT2D eigenvalue weighted by atomic mass is 15.2. The highest BCUT2D eigenvalue weighted by Gasteiger charge is 2.74. The van der Waals surface area contributed by atoms with Crippen LogP contribution in [0.15, 0.2) is 122 Å². The number of hydrogen-bond acceptors (Lipinski definition) is 0.